The molecular formula is C15H21N3S. The maximum Gasteiger partial charge on any atom is 0.172 e. The number of imidazole rings is 1. The van der Waals surface area contributed by atoms with Crippen LogP contribution in [0.2, 0.25) is 0 Å². The Morgan fingerprint density at radius 1 is 1.37 bits per heavy atom. The van der Waals surface area contributed by atoms with Crippen molar-refractivity contribution >= 4 is 11.8 Å². The second kappa shape index (κ2) is 6.78. The molecule has 0 amide bonds. The molecule has 1 aromatic carbocycles. The van der Waals surface area contributed by atoms with Gasteiger partial charge in [-0.2, -0.15) is 0 Å². The molecule has 102 valence electrons. The van der Waals surface area contributed by atoms with E-state index in [1.165, 1.54) is 10.5 Å². The number of hydrogen-bond acceptors (Lipinski definition) is 3. The Kier molecular flexibility index (Phi) is 5.05. The summed E-state index contributed by atoms with van der Waals surface area (Å²) in [6, 6.07) is 8.91. The van der Waals surface area contributed by atoms with Crippen LogP contribution in [0.5, 0.6) is 0 Å². The Morgan fingerprint density at radius 2 is 2.16 bits per heavy atom. The molecule has 3 nitrogen and oxygen atoms in total. The summed E-state index contributed by atoms with van der Waals surface area (Å²) in [6.07, 6.45) is 4.96. The molecule has 0 aliphatic carbocycles. The van der Waals surface area contributed by atoms with E-state index >= 15 is 0 Å². The highest BCUT2D eigenvalue weighted by Gasteiger charge is 2.12. The van der Waals surface area contributed by atoms with E-state index in [2.05, 4.69) is 48.4 Å². The summed E-state index contributed by atoms with van der Waals surface area (Å²) < 4.78 is 2.05. The van der Waals surface area contributed by atoms with Crippen LogP contribution in [-0.4, -0.2) is 16.1 Å². The van der Waals surface area contributed by atoms with Crippen LogP contribution < -0.4 is 5.32 Å². The van der Waals surface area contributed by atoms with Gasteiger partial charge in [0.1, 0.15) is 0 Å². The fourth-order valence-electron chi connectivity index (χ4n) is 1.95. The van der Waals surface area contributed by atoms with Crippen LogP contribution in [0.15, 0.2) is 46.7 Å². The number of hydrogen-bond donors (Lipinski definition) is 1. The normalized spacial score (nSPS) is 12.6. The van der Waals surface area contributed by atoms with Crippen LogP contribution in [0.3, 0.4) is 0 Å². The van der Waals surface area contributed by atoms with Crippen LogP contribution in [0.1, 0.15) is 31.9 Å². The van der Waals surface area contributed by atoms with Gasteiger partial charge in [0.15, 0.2) is 5.16 Å². The van der Waals surface area contributed by atoms with Crippen LogP contribution >= 0.6 is 11.8 Å². The number of aromatic nitrogens is 2. The Hall–Kier alpha value is -1.26. The maximum absolute atomic E-state index is 4.38. The lowest BCUT2D eigenvalue weighted by Crippen LogP contribution is -2.19. The van der Waals surface area contributed by atoms with Gasteiger partial charge in [0, 0.05) is 30.4 Å². The first-order valence-electron chi connectivity index (χ1n) is 6.70. The third kappa shape index (κ3) is 3.61. The average Bonchev–Trinajstić information content (AvgIpc) is 2.82. The van der Waals surface area contributed by atoms with Crippen molar-refractivity contribution in [3.05, 3.63) is 42.2 Å². The first kappa shape index (κ1) is 14.2. The fourth-order valence-corrected chi connectivity index (χ4v) is 2.98. The van der Waals surface area contributed by atoms with Gasteiger partial charge in [0.25, 0.3) is 0 Å². The van der Waals surface area contributed by atoms with Gasteiger partial charge in [-0.1, -0.05) is 36.9 Å². The Balaban J connectivity index is 2.18. The third-order valence-corrected chi connectivity index (χ3v) is 4.23. The van der Waals surface area contributed by atoms with E-state index in [9.17, 15) is 0 Å². The zero-order valence-electron chi connectivity index (χ0n) is 11.8. The van der Waals surface area contributed by atoms with Crippen molar-refractivity contribution in [1.29, 1.82) is 0 Å². The fraction of sp³-hybridized carbons (Fsp3) is 0.400. The van der Waals surface area contributed by atoms with Gasteiger partial charge in [0.2, 0.25) is 0 Å². The summed E-state index contributed by atoms with van der Waals surface area (Å²) in [5.74, 6) is 0. The minimum Gasteiger partial charge on any atom is -0.329 e. The molecule has 4 heteroatoms. The molecule has 2 aromatic rings. The monoisotopic (exact) mass is 275 g/mol. The highest BCUT2D eigenvalue weighted by molar-refractivity contribution is 7.99. The van der Waals surface area contributed by atoms with Crippen molar-refractivity contribution in [3.8, 4) is 0 Å². The lowest BCUT2D eigenvalue weighted by molar-refractivity contribution is 0.563. The second-order valence-corrected chi connectivity index (χ2v) is 5.65. The van der Waals surface area contributed by atoms with Gasteiger partial charge >= 0.3 is 0 Å². The SMILES string of the molecule is CCCNC(C)c1ccccc1Sc1nccn1C. The van der Waals surface area contributed by atoms with Crippen LogP contribution in [-0.2, 0) is 7.05 Å². The Labute approximate surface area is 119 Å². The number of nitrogens with one attached hydrogen (secondary N) is 1. The lowest BCUT2D eigenvalue weighted by atomic mass is 10.1. The van der Waals surface area contributed by atoms with E-state index in [4.69, 9.17) is 0 Å². The molecular weight excluding hydrogens is 254 g/mol. The molecule has 0 bridgehead atoms. The van der Waals surface area contributed by atoms with Gasteiger partial charge in [-0.15, -0.1) is 0 Å². The van der Waals surface area contributed by atoms with E-state index in [1.54, 1.807) is 11.8 Å². The van der Waals surface area contributed by atoms with Gasteiger partial charge < -0.3 is 9.88 Å². The van der Waals surface area contributed by atoms with Crippen molar-refractivity contribution in [1.82, 2.24) is 14.9 Å². The number of benzene rings is 1. The summed E-state index contributed by atoms with van der Waals surface area (Å²) in [5, 5.41) is 4.57. The molecule has 0 spiro atoms. The van der Waals surface area contributed by atoms with E-state index < -0.39 is 0 Å². The standard InChI is InChI=1S/C15H21N3S/c1-4-9-16-12(2)13-7-5-6-8-14(13)19-15-17-10-11-18(15)3/h5-8,10-12,16H,4,9H2,1-3H3. The second-order valence-electron chi connectivity index (χ2n) is 4.64. The van der Waals surface area contributed by atoms with E-state index in [-0.39, 0.29) is 0 Å². The van der Waals surface area contributed by atoms with Crippen molar-refractivity contribution in [2.24, 2.45) is 7.05 Å². The van der Waals surface area contributed by atoms with E-state index in [1.807, 2.05) is 24.0 Å². The summed E-state index contributed by atoms with van der Waals surface area (Å²) in [6.45, 7) is 5.45. The highest BCUT2D eigenvalue weighted by atomic mass is 32.2. The maximum atomic E-state index is 4.38. The molecule has 1 heterocycles. The molecule has 19 heavy (non-hydrogen) atoms. The summed E-state index contributed by atoms with van der Waals surface area (Å²) >= 11 is 1.72. The topological polar surface area (TPSA) is 29.9 Å². The molecule has 2 rings (SSSR count). The lowest BCUT2D eigenvalue weighted by Gasteiger charge is -2.17. The van der Waals surface area contributed by atoms with Crippen molar-refractivity contribution in [2.45, 2.75) is 36.4 Å². The zero-order chi connectivity index (χ0) is 13.7. The van der Waals surface area contributed by atoms with Crippen LogP contribution in [0.4, 0.5) is 0 Å². The first-order chi connectivity index (χ1) is 9.22. The molecule has 0 aliphatic rings. The van der Waals surface area contributed by atoms with E-state index in [0.717, 1.165) is 18.1 Å². The smallest absolute Gasteiger partial charge is 0.172 e. The summed E-state index contributed by atoms with van der Waals surface area (Å²) in [4.78, 5) is 5.65. The third-order valence-electron chi connectivity index (χ3n) is 3.06. The Morgan fingerprint density at radius 3 is 2.84 bits per heavy atom. The minimum atomic E-state index is 0.365. The van der Waals surface area contributed by atoms with Crippen molar-refractivity contribution in [3.63, 3.8) is 0 Å². The molecule has 1 atom stereocenters. The summed E-state index contributed by atoms with van der Waals surface area (Å²) in [5.41, 5.74) is 1.34. The van der Waals surface area contributed by atoms with Crippen LogP contribution in [0.25, 0.3) is 0 Å². The first-order valence-corrected chi connectivity index (χ1v) is 7.51. The van der Waals surface area contributed by atoms with Crippen molar-refractivity contribution < 1.29 is 0 Å². The molecule has 1 aromatic heterocycles. The predicted molar refractivity (Wildman–Crippen MR) is 80.5 cm³/mol. The van der Waals surface area contributed by atoms with Gasteiger partial charge in [0.05, 0.1) is 0 Å². The van der Waals surface area contributed by atoms with E-state index in [0.29, 0.717) is 6.04 Å². The largest absolute Gasteiger partial charge is 0.329 e. The zero-order valence-corrected chi connectivity index (χ0v) is 12.6. The van der Waals surface area contributed by atoms with Crippen LogP contribution in [0, 0.1) is 0 Å². The van der Waals surface area contributed by atoms with Gasteiger partial charge in [-0.25, -0.2) is 4.98 Å². The number of nitrogens with zero attached hydrogens (tertiary/aromatic N) is 2. The molecule has 0 fully saturated rings. The summed E-state index contributed by atoms with van der Waals surface area (Å²) in [7, 11) is 2.02. The molecule has 0 radical (unpaired) electrons. The minimum absolute atomic E-state index is 0.365. The molecule has 1 N–H and O–H groups in total. The number of rotatable bonds is 6. The van der Waals surface area contributed by atoms with Gasteiger partial charge in [-0.3, -0.25) is 0 Å². The Bertz CT molecular complexity index is 522. The average molecular weight is 275 g/mol. The molecule has 0 aliphatic heterocycles. The molecule has 0 saturated carbocycles. The number of aryl methyl sites for hydroxylation is 1. The quantitative estimate of drug-likeness (QED) is 0.873. The molecule has 1 unspecified atom stereocenters. The highest BCUT2D eigenvalue weighted by Crippen LogP contribution is 2.31. The molecule has 0 saturated heterocycles. The predicted octanol–water partition coefficient (Wildman–Crippen LogP) is 3.63. The van der Waals surface area contributed by atoms with Crippen molar-refractivity contribution in [2.75, 3.05) is 6.54 Å². The van der Waals surface area contributed by atoms with Gasteiger partial charge in [-0.05, 0) is 31.5 Å².